The number of aromatic nitrogens is 2. The second-order valence-electron chi connectivity index (χ2n) is 9.76. The molecule has 1 aliphatic carbocycles. The van der Waals surface area contributed by atoms with E-state index in [1.165, 1.54) is 12.7 Å². The molecule has 1 aliphatic heterocycles. The number of rotatable bonds is 8. The Morgan fingerprint density at radius 3 is 2.32 bits per heavy atom. The lowest BCUT2D eigenvalue weighted by Crippen LogP contribution is -2.36. The second kappa shape index (κ2) is 12.1. The molecule has 10 nitrogen and oxygen atoms in total. The molecule has 0 radical (unpaired) electrons. The highest BCUT2D eigenvalue weighted by Crippen LogP contribution is 2.37. The molecule has 200 valence electrons. The van der Waals surface area contributed by atoms with Crippen LogP contribution in [0.4, 0.5) is 23.1 Å². The Kier molecular flexibility index (Phi) is 8.18. The van der Waals surface area contributed by atoms with Gasteiger partial charge in [0, 0.05) is 36.6 Å². The third-order valence-corrected chi connectivity index (χ3v) is 7.28. The summed E-state index contributed by atoms with van der Waals surface area (Å²) in [6.45, 7) is 3.21. The SMILES string of the molecule is COC(=O)CC1CCC(c2ccc(NC(=O)c3nnc(Nc4ccc(N5CCOCC5)cc4)o3)cc2)CC1. The van der Waals surface area contributed by atoms with Crippen LogP contribution in [0.15, 0.2) is 52.9 Å². The van der Waals surface area contributed by atoms with Crippen molar-refractivity contribution in [3.63, 3.8) is 0 Å². The standard InChI is InChI=1S/C28H33N5O5/c1-36-25(34)18-19-2-4-20(5-3-19)21-6-8-22(9-7-21)29-26(35)27-31-32-28(38-27)30-23-10-12-24(13-11-23)33-14-16-37-17-15-33/h6-13,19-20H,2-5,14-18H2,1H3,(H,29,35)(H,30,32). The lowest BCUT2D eigenvalue weighted by molar-refractivity contribution is -0.142. The maximum atomic E-state index is 12.6. The first kappa shape index (κ1) is 25.7. The van der Waals surface area contributed by atoms with Gasteiger partial charge in [-0.1, -0.05) is 17.2 Å². The molecule has 2 heterocycles. The van der Waals surface area contributed by atoms with E-state index in [4.69, 9.17) is 13.9 Å². The molecule has 5 rings (SSSR count). The Morgan fingerprint density at radius 1 is 0.947 bits per heavy atom. The minimum absolute atomic E-state index is 0.120. The molecule has 10 heteroatoms. The zero-order valence-electron chi connectivity index (χ0n) is 21.5. The van der Waals surface area contributed by atoms with Crippen molar-refractivity contribution in [3.8, 4) is 0 Å². The summed E-state index contributed by atoms with van der Waals surface area (Å²) >= 11 is 0. The molecule has 38 heavy (non-hydrogen) atoms. The molecular formula is C28H33N5O5. The Labute approximate surface area is 221 Å². The summed E-state index contributed by atoms with van der Waals surface area (Å²) in [5.74, 6) is 0.146. The van der Waals surface area contributed by atoms with Crippen molar-refractivity contribution in [3.05, 3.63) is 60.0 Å². The lowest BCUT2D eigenvalue weighted by Gasteiger charge is -2.28. The summed E-state index contributed by atoms with van der Waals surface area (Å²) in [5, 5.41) is 13.7. The quantitative estimate of drug-likeness (QED) is 0.407. The highest BCUT2D eigenvalue weighted by Gasteiger charge is 2.24. The van der Waals surface area contributed by atoms with E-state index in [2.05, 4.69) is 25.7 Å². The molecule has 0 spiro atoms. The van der Waals surface area contributed by atoms with Crippen LogP contribution in [0, 0.1) is 5.92 Å². The minimum atomic E-state index is -0.468. The van der Waals surface area contributed by atoms with Crippen LogP contribution in [0.3, 0.4) is 0 Å². The molecule has 2 N–H and O–H groups in total. The Hall–Kier alpha value is -3.92. The van der Waals surface area contributed by atoms with Gasteiger partial charge in [-0.25, -0.2) is 0 Å². The number of benzene rings is 2. The van der Waals surface area contributed by atoms with Gasteiger partial charge in [-0.05, 0) is 79.5 Å². The van der Waals surface area contributed by atoms with E-state index in [1.807, 2.05) is 48.5 Å². The molecule has 2 aliphatic rings. The maximum Gasteiger partial charge on any atom is 0.320 e. The Balaban J connectivity index is 1.11. The maximum absolute atomic E-state index is 12.6. The summed E-state index contributed by atoms with van der Waals surface area (Å²) in [6, 6.07) is 15.9. The smallest absolute Gasteiger partial charge is 0.320 e. The molecule has 2 aromatic carbocycles. The monoisotopic (exact) mass is 519 g/mol. The number of hydrogen-bond donors (Lipinski definition) is 2. The van der Waals surface area contributed by atoms with E-state index in [9.17, 15) is 9.59 Å². The highest BCUT2D eigenvalue weighted by atomic mass is 16.5. The van der Waals surface area contributed by atoms with E-state index in [-0.39, 0.29) is 17.9 Å². The number of amides is 1. The number of esters is 1. The first-order valence-corrected chi connectivity index (χ1v) is 13.1. The van der Waals surface area contributed by atoms with Crippen molar-refractivity contribution in [1.82, 2.24) is 10.2 Å². The molecule has 0 bridgehead atoms. The topological polar surface area (TPSA) is 119 Å². The summed E-state index contributed by atoms with van der Waals surface area (Å²) in [7, 11) is 1.44. The van der Waals surface area contributed by atoms with Gasteiger partial charge in [0.15, 0.2) is 0 Å². The van der Waals surface area contributed by atoms with Crippen molar-refractivity contribution >= 4 is 35.0 Å². The van der Waals surface area contributed by atoms with Gasteiger partial charge in [-0.3, -0.25) is 9.59 Å². The molecule has 1 amide bonds. The van der Waals surface area contributed by atoms with Gasteiger partial charge in [0.2, 0.25) is 0 Å². The summed E-state index contributed by atoms with van der Waals surface area (Å²) in [5.41, 5.74) is 3.81. The average Bonchev–Trinajstić information content (AvgIpc) is 3.43. The molecule has 0 atom stereocenters. The number of methoxy groups -OCH3 is 1. The predicted octanol–water partition coefficient (Wildman–Crippen LogP) is 4.74. The van der Waals surface area contributed by atoms with E-state index in [0.717, 1.165) is 63.4 Å². The molecular weight excluding hydrogens is 486 g/mol. The van der Waals surface area contributed by atoms with Crippen molar-refractivity contribution in [1.29, 1.82) is 0 Å². The number of ether oxygens (including phenoxy) is 2. The van der Waals surface area contributed by atoms with Crippen molar-refractivity contribution < 1.29 is 23.5 Å². The largest absolute Gasteiger partial charge is 0.469 e. The zero-order valence-corrected chi connectivity index (χ0v) is 21.5. The van der Waals surface area contributed by atoms with E-state index in [1.54, 1.807) is 0 Å². The van der Waals surface area contributed by atoms with Gasteiger partial charge in [0.1, 0.15) is 0 Å². The van der Waals surface area contributed by atoms with Crippen LogP contribution in [-0.2, 0) is 14.3 Å². The lowest BCUT2D eigenvalue weighted by atomic mass is 9.77. The highest BCUT2D eigenvalue weighted by molar-refractivity contribution is 6.00. The number of nitrogens with zero attached hydrogens (tertiary/aromatic N) is 3. The van der Waals surface area contributed by atoms with Crippen LogP contribution in [0.1, 0.15) is 54.3 Å². The molecule has 1 aromatic heterocycles. The van der Waals surface area contributed by atoms with Gasteiger partial charge in [-0.2, -0.15) is 0 Å². The van der Waals surface area contributed by atoms with Crippen molar-refractivity contribution in [2.75, 3.05) is 48.9 Å². The van der Waals surface area contributed by atoms with Crippen LogP contribution in [-0.4, -0.2) is 55.5 Å². The first-order chi connectivity index (χ1) is 18.6. The van der Waals surface area contributed by atoms with Gasteiger partial charge in [-0.15, -0.1) is 5.10 Å². The number of morpholine rings is 1. The number of carbonyl (C=O) groups excluding carboxylic acids is 2. The predicted molar refractivity (Wildman–Crippen MR) is 143 cm³/mol. The fraction of sp³-hybridized carbons (Fsp3) is 0.429. The normalized spacial score (nSPS) is 19.6. The fourth-order valence-electron chi connectivity index (χ4n) is 5.11. The van der Waals surface area contributed by atoms with Gasteiger partial charge in [0.05, 0.1) is 20.3 Å². The molecule has 0 unspecified atom stereocenters. The number of anilines is 4. The Morgan fingerprint density at radius 2 is 1.63 bits per heavy atom. The van der Waals surface area contributed by atoms with Crippen LogP contribution in [0.2, 0.25) is 0 Å². The first-order valence-electron chi connectivity index (χ1n) is 13.1. The van der Waals surface area contributed by atoms with Crippen LogP contribution < -0.4 is 15.5 Å². The van der Waals surface area contributed by atoms with E-state index < -0.39 is 5.91 Å². The van der Waals surface area contributed by atoms with Gasteiger partial charge < -0.3 is 29.4 Å². The molecule has 1 saturated carbocycles. The summed E-state index contributed by atoms with van der Waals surface area (Å²) in [4.78, 5) is 26.4. The fourth-order valence-corrected chi connectivity index (χ4v) is 5.11. The van der Waals surface area contributed by atoms with Gasteiger partial charge in [0.25, 0.3) is 0 Å². The van der Waals surface area contributed by atoms with Crippen molar-refractivity contribution in [2.45, 2.75) is 38.0 Å². The summed E-state index contributed by atoms with van der Waals surface area (Å²) < 4.78 is 15.7. The van der Waals surface area contributed by atoms with E-state index in [0.29, 0.717) is 23.9 Å². The molecule has 2 fully saturated rings. The summed E-state index contributed by atoms with van der Waals surface area (Å²) in [6.07, 6.45) is 4.62. The van der Waals surface area contributed by atoms with Crippen molar-refractivity contribution in [2.24, 2.45) is 5.92 Å². The molecule has 3 aromatic rings. The minimum Gasteiger partial charge on any atom is -0.469 e. The number of hydrogen-bond acceptors (Lipinski definition) is 9. The van der Waals surface area contributed by atoms with Crippen LogP contribution in [0.5, 0.6) is 0 Å². The Bertz CT molecular complexity index is 1210. The molecule has 1 saturated heterocycles. The number of nitrogens with one attached hydrogen (secondary N) is 2. The van der Waals surface area contributed by atoms with Crippen LogP contribution in [0.25, 0.3) is 0 Å². The van der Waals surface area contributed by atoms with E-state index >= 15 is 0 Å². The third kappa shape index (κ3) is 6.49. The third-order valence-electron chi connectivity index (χ3n) is 7.28. The van der Waals surface area contributed by atoms with Gasteiger partial charge >= 0.3 is 23.8 Å². The second-order valence-corrected chi connectivity index (χ2v) is 9.76. The van der Waals surface area contributed by atoms with Crippen LogP contribution >= 0.6 is 0 Å². The average molecular weight is 520 g/mol. The zero-order chi connectivity index (χ0) is 26.3. The number of carbonyl (C=O) groups is 2.